The average Bonchev–Trinajstić information content (AvgIpc) is 2.54. The molecule has 2 aromatic rings. The predicted octanol–water partition coefficient (Wildman–Crippen LogP) is 2.13. The van der Waals surface area contributed by atoms with Gasteiger partial charge in [0.2, 0.25) is 0 Å². The van der Waals surface area contributed by atoms with E-state index in [1.54, 1.807) is 7.11 Å². The molecule has 1 aromatic heterocycles. The van der Waals surface area contributed by atoms with E-state index in [2.05, 4.69) is 21.5 Å². The zero-order chi connectivity index (χ0) is 15.2. The van der Waals surface area contributed by atoms with Crippen molar-refractivity contribution in [2.24, 2.45) is 5.84 Å². The van der Waals surface area contributed by atoms with Gasteiger partial charge in [0.05, 0.1) is 7.11 Å². The number of hydrogen-bond donors (Lipinski definition) is 2. The molecule has 2 rings (SSSR count). The van der Waals surface area contributed by atoms with Gasteiger partial charge < -0.3 is 15.1 Å². The summed E-state index contributed by atoms with van der Waals surface area (Å²) in [6.07, 6.45) is 1.93. The Bertz CT molecular complexity index is 585. The summed E-state index contributed by atoms with van der Waals surface area (Å²) in [5.41, 5.74) is 3.71. The Balaban J connectivity index is 2.20. The minimum Gasteiger partial charge on any atom is -0.497 e. The largest absolute Gasteiger partial charge is 0.497 e. The van der Waals surface area contributed by atoms with Crippen LogP contribution in [-0.4, -0.2) is 30.4 Å². The van der Waals surface area contributed by atoms with Crippen molar-refractivity contribution < 1.29 is 4.74 Å². The number of nitrogen functional groups attached to an aromatic ring is 1. The lowest BCUT2D eigenvalue weighted by molar-refractivity contribution is 0.414. The second-order valence-corrected chi connectivity index (χ2v) is 5.22. The first-order chi connectivity index (χ1) is 10.2. The summed E-state index contributed by atoms with van der Waals surface area (Å²) in [5, 5.41) is 0.679. The van der Waals surface area contributed by atoms with Crippen LogP contribution in [0.4, 0.5) is 11.6 Å². The highest BCUT2D eigenvalue weighted by Crippen LogP contribution is 2.21. The zero-order valence-corrected chi connectivity index (χ0v) is 13.1. The van der Waals surface area contributed by atoms with E-state index in [0.29, 0.717) is 17.5 Å². The van der Waals surface area contributed by atoms with Crippen LogP contribution in [0.15, 0.2) is 35.5 Å². The predicted molar refractivity (Wildman–Crippen MR) is 86.7 cm³/mol. The average molecular weight is 305 g/mol. The Morgan fingerprint density at radius 2 is 2.14 bits per heavy atom. The summed E-state index contributed by atoms with van der Waals surface area (Å²) in [6, 6.07) is 9.78. The van der Waals surface area contributed by atoms with Crippen molar-refractivity contribution in [3.8, 4) is 5.75 Å². The summed E-state index contributed by atoms with van der Waals surface area (Å²) in [6.45, 7) is 0.714. The smallest absolute Gasteiger partial charge is 0.191 e. The van der Waals surface area contributed by atoms with E-state index in [1.807, 2.05) is 42.5 Å². The Kier molecular flexibility index (Phi) is 5.24. The van der Waals surface area contributed by atoms with E-state index in [4.69, 9.17) is 10.6 Å². The maximum atomic E-state index is 5.45. The van der Waals surface area contributed by atoms with Crippen LogP contribution in [0.1, 0.15) is 5.56 Å². The highest BCUT2D eigenvalue weighted by atomic mass is 32.2. The van der Waals surface area contributed by atoms with Crippen LogP contribution in [-0.2, 0) is 6.54 Å². The Labute approximate surface area is 128 Å². The van der Waals surface area contributed by atoms with E-state index in [1.165, 1.54) is 11.8 Å². The van der Waals surface area contributed by atoms with Crippen molar-refractivity contribution in [1.82, 2.24) is 9.97 Å². The van der Waals surface area contributed by atoms with Crippen molar-refractivity contribution in [3.63, 3.8) is 0 Å². The number of thioether (sulfide) groups is 1. The lowest BCUT2D eigenvalue weighted by Gasteiger charge is -2.19. The summed E-state index contributed by atoms with van der Waals surface area (Å²) in [4.78, 5) is 10.8. The molecule has 0 spiro atoms. The second kappa shape index (κ2) is 7.14. The molecule has 7 heteroatoms. The minimum atomic E-state index is 0.599. The molecule has 6 nitrogen and oxygen atoms in total. The number of aromatic nitrogens is 2. The minimum absolute atomic E-state index is 0.599. The quantitative estimate of drug-likeness (QED) is 0.366. The Morgan fingerprint density at radius 3 is 2.81 bits per heavy atom. The van der Waals surface area contributed by atoms with Crippen molar-refractivity contribution in [2.75, 3.05) is 30.7 Å². The molecule has 0 aliphatic heterocycles. The van der Waals surface area contributed by atoms with E-state index in [-0.39, 0.29) is 0 Å². The summed E-state index contributed by atoms with van der Waals surface area (Å²) in [7, 11) is 3.64. The summed E-state index contributed by atoms with van der Waals surface area (Å²) in [5.74, 6) is 7.70. The van der Waals surface area contributed by atoms with E-state index >= 15 is 0 Å². The fourth-order valence-corrected chi connectivity index (χ4v) is 2.27. The van der Waals surface area contributed by atoms with Gasteiger partial charge >= 0.3 is 0 Å². The third kappa shape index (κ3) is 3.99. The molecule has 0 saturated carbocycles. The van der Waals surface area contributed by atoms with Gasteiger partial charge in [-0.3, -0.25) is 0 Å². The molecule has 112 valence electrons. The van der Waals surface area contributed by atoms with Crippen LogP contribution >= 0.6 is 11.8 Å². The molecule has 0 unspecified atom stereocenters. The number of hydrazine groups is 1. The van der Waals surface area contributed by atoms with Crippen LogP contribution < -0.4 is 20.9 Å². The first-order valence-electron chi connectivity index (χ1n) is 6.40. The van der Waals surface area contributed by atoms with Gasteiger partial charge in [-0.2, -0.15) is 0 Å². The van der Waals surface area contributed by atoms with Crippen molar-refractivity contribution in [3.05, 3.63) is 35.9 Å². The fourth-order valence-electron chi connectivity index (χ4n) is 1.90. The molecular formula is C14H19N5OS. The number of nitrogens with two attached hydrogens (primary N) is 1. The second-order valence-electron chi connectivity index (χ2n) is 4.45. The Hall–Kier alpha value is -1.99. The molecule has 21 heavy (non-hydrogen) atoms. The normalized spacial score (nSPS) is 10.3. The van der Waals surface area contributed by atoms with Gasteiger partial charge in [0.15, 0.2) is 5.16 Å². The molecule has 0 fully saturated rings. The van der Waals surface area contributed by atoms with Gasteiger partial charge in [0.1, 0.15) is 17.4 Å². The molecule has 0 amide bonds. The van der Waals surface area contributed by atoms with Gasteiger partial charge in [-0.25, -0.2) is 15.8 Å². The molecule has 3 N–H and O–H groups in total. The van der Waals surface area contributed by atoms with E-state index < -0.39 is 0 Å². The molecule has 0 bridgehead atoms. The monoisotopic (exact) mass is 305 g/mol. The number of anilines is 2. The van der Waals surface area contributed by atoms with Crippen molar-refractivity contribution in [2.45, 2.75) is 11.7 Å². The third-order valence-corrected chi connectivity index (χ3v) is 3.52. The molecular weight excluding hydrogens is 286 g/mol. The fraction of sp³-hybridized carbons (Fsp3) is 0.286. The van der Waals surface area contributed by atoms with Crippen LogP contribution in [0.5, 0.6) is 5.75 Å². The van der Waals surface area contributed by atoms with Crippen LogP contribution in [0.3, 0.4) is 0 Å². The Morgan fingerprint density at radius 1 is 1.33 bits per heavy atom. The zero-order valence-electron chi connectivity index (χ0n) is 12.3. The topological polar surface area (TPSA) is 76.3 Å². The number of ether oxygens (including phenoxy) is 1. The highest BCUT2D eigenvalue weighted by Gasteiger charge is 2.09. The van der Waals surface area contributed by atoms with E-state index in [9.17, 15) is 0 Å². The lowest BCUT2D eigenvalue weighted by atomic mass is 10.2. The van der Waals surface area contributed by atoms with Crippen molar-refractivity contribution >= 4 is 23.4 Å². The molecule has 1 aromatic carbocycles. The van der Waals surface area contributed by atoms with Gasteiger partial charge in [-0.15, -0.1) is 0 Å². The maximum absolute atomic E-state index is 5.45. The number of methoxy groups -OCH3 is 1. The van der Waals surface area contributed by atoms with Gasteiger partial charge in [0, 0.05) is 19.7 Å². The summed E-state index contributed by atoms with van der Waals surface area (Å²) >= 11 is 1.48. The van der Waals surface area contributed by atoms with Crippen molar-refractivity contribution in [1.29, 1.82) is 0 Å². The number of rotatable bonds is 6. The third-order valence-electron chi connectivity index (χ3n) is 2.97. The van der Waals surface area contributed by atoms with Crippen LogP contribution in [0.25, 0.3) is 0 Å². The highest BCUT2D eigenvalue weighted by molar-refractivity contribution is 7.98. The molecule has 0 saturated heterocycles. The molecule has 1 heterocycles. The van der Waals surface area contributed by atoms with E-state index in [0.717, 1.165) is 17.1 Å². The summed E-state index contributed by atoms with van der Waals surface area (Å²) < 4.78 is 5.24. The first-order valence-corrected chi connectivity index (χ1v) is 7.62. The number of nitrogens with one attached hydrogen (secondary N) is 1. The molecule has 0 atom stereocenters. The first kappa shape index (κ1) is 15.4. The number of benzene rings is 1. The maximum Gasteiger partial charge on any atom is 0.191 e. The molecule has 0 radical (unpaired) electrons. The van der Waals surface area contributed by atoms with Crippen LogP contribution in [0.2, 0.25) is 0 Å². The SMILES string of the molecule is COc1cccc(CN(C)c2cc(NN)nc(SC)n2)c1. The number of hydrogen-bond acceptors (Lipinski definition) is 7. The van der Waals surface area contributed by atoms with Crippen LogP contribution in [0, 0.1) is 0 Å². The lowest BCUT2D eigenvalue weighted by Crippen LogP contribution is -2.19. The van der Waals surface area contributed by atoms with Gasteiger partial charge in [-0.05, 0) is 24.0 Å². The standard InChI is InChI=1S/C14H19N5OS/c1-19(9-10-5-4-6-11(7-10)20-2)13-8-12(18-15)16-14(17-13)21-3/h4-8H,9,15H2,1-3H3,(H,16,17,18). The molecule has 0 aliphatic rings. The number of nitrogens with zero attached hydrogens (tertiary/aromatic N) is 3. The molecule has 0 aliphatic carbocycles. The van der Waals surface area contributed by atoms with Gasteiger partial charge in [-0.1, -0.05) is 23.9 Å². The van der Waals surface area contributed by atoms with Gasteiger partial charge in [0.25, 0.3) is 0 Å².